The second kappa shape index (κ2) is 4.28. The van der Waals surface area contributed by atoms with Crippen molar-refractivity contribution in [1.29, 1.82) is 0 Å². The van der Waals surface area contributed by atoms with Gasteiger partial charge in [-0.2, -0.15) is 0 Å². The molecule has 3 atom stereocenters. The highest BCUT2D eigenvalue weighted by Crippen LogP contribution is 2.42. The van der Waals surface area contributed by atoms with Crippen LogP contribution in [0.2, 0.25) is 0 Å². The van der Waals surface area contributed by atoms with Crippen LogP contribution in [-0.4, -0.2) is 13.1 Å². The van der Waals surface area contributed by atoms with Crippen molar-refractivity contribution in [2.24, 2.45) is 17.8 Å². The van der Waals surface area contributed by atoms with E-state index in [1.54, 1.807) is 0 Å². The summed E-state index contributed by atoms with van der Waals surface area (Å²) >= 11 is 0. The van der Waals surface area contributed by atoms with Crippen molar-refractivity contribution in [3.63, 3.8) is 0 Å². The van der Waals surface area contributed by atoms with Crippen LogP contribution in [0, 0.1) is 17.8 Å². The van der Waals surface area contributed by atoms with E-state index in [1.165, 1.54) is 38.8 Å². The van der Waals surface area contributed by atoms with E-state index in [1.807, 2.05) is 0 Å². The second-order valence-corrected chi connectivity index (χ2v) is 4.60. The van der Waals surface area contributed by atoms with Gasteiger partial charge in [-0.3, -0.25) is 0 Å². The monoisotopic (exact) mass is 179 g/mol. The number of fused-ring (bicyclic) bond motifs is 2. The fourth-order valence-electron chi connectivity index (χ4n) is 2.72. The molecule has 0 aromatic rings. The Morgan fingerprint density at radius 1 is 1.31 bits per heavy atom. The Kier molecular flexibility index (Phi) is 3.05. The quantitative estimate of drug-likeness (QED) is 0.505. The molecular weight excluding hydrogens is 158 g/mol. The first kappa shape index (κ1) is 9.26. The first-order valence-corrected chi connectivity index (χ1v) is 5.79. The lowest BCUT2D eigenvalue weighted by atomic mass is 9.94. The van der Waals surface area contributed by atoms with Crippen LogP contribution in [0.25, 0.3) is 0 Å². The van der Waals surface area contributed by atoms with Gasteiger partial charge in [0.25, 0.3) is 0 Å². The van der Waals surface area contributed by atoms with Gasteiger partial charge in [-0.15, -0.1) is 0 Å². The van der Waals surface area contributed by atoms with E-state index in [4.69, 9.17) is 0 Å². The maximum atomic E-state index is 3.58. The summed E-state index contributed by atoms with van der Waals surface area (Å²) in [5.41, 5.74) is 0. The smallest absolute Gasteiger partial charge is 0.00147 e. The van der Waals surface area contributed by atoms with Gasteiger partial charge in [0.15, 0.2) is 0 Å². The summed E-state index contributed by atoms with van der Waals surface area (Å²) in [6, 6.07) is 0. The van der Waals surface area contributed by atoms with E-state index in [0.717, 1.165) is 17.8 Å². The summed E-state index contributed by atoms with van der Waals surface area (Å²) in [5, 5.41) is 3.58. The Hall–Kier alpha value is -0.300. The zero-order valence-electron chi connectivity index (χ0n) is 8.63. The van der Waals surface area contributed by atoms with Crippen LogP contribution in [0.1, 0.15) is 32.6 Å². The van der Waals surface area contributed by atoms with Crippen molar-refractivity contribution < 1.29 is 0 Å². The third-order valence-corrected chi connectivity index (χ3v) is 3.53. The molecule has 13 heavy (non-hydrogen) atoms. The Balaban J connectivity index is 1.64. The molecular formula is C12H21N. The summed E-state index contributed by atoms with van der Waals surface area (Å²) in [4.78, 5) is 0. The molecule has 1 saturated carbocycles. The average molecular weight is 179 g/mol. The molecule has 2 rings (SSSR count). The minimum atomic E-state index is 0.916. The van der Waals surface area contributed by atoms with E-state index < -0.39 is 0 Å². The van der Waals surface area contributed by atoms with Gasteiger partial charge in [0.1, 0.15) is 0 Å². The standard InChI is InChI=1S/C12H21N/c1-2-3-6-13-9-12-8-10-4-5-11(12)7-10/h4-5,10-13H,2-3,6-9H2,1H3. The second-order valence-electron chi connectivity index (χ2n) is 4.60. The van der Waals surface area contributed by atoms with Crippen LogP contribution in [0.4, 0.5) is 0 Å². The number of rotatable bonds is 5. The van der Waals surface area contributed by atoms with E-state index in [2.05, 4.69) is 24.4 Å². The lowest BCUT2D eigenvalue weighted by Gasteiger charge is -2.18. The summed E-state index contributed by atoms with van der Waals surface area (Å²) in [6.07, 6.45) is 10.4. The number of allylic oxidation sites excluding steroid dienone is 2. The van der Waals surface area contributed by atoms with Crippen molar-refractivity contribution in [3.05, 3.63) is 12.2 Å². The Morgan fingerprint density at radius 2 is 2.23 bits per heavy atom. The Labute approximate surface area is 81.6 Å². The molecule has 74 valence electrons. The molecule has 2 aliphatic rings. The van der Waals surface area contributed by atoms with Crippen molar-refractivity contribution >= 4 is 0 Å². The van der Waals surface area contributed by atoms with Crippen molar-refractivity contribution in [3.8, 4) is 0 Å². The van der Waals surface area contributed by atoms with Crippen LogP contribution in [0.15, 0.2) is 12.2 Å². The van der Waals surface area contributed by atoms with Crippen LogP contribution in [-0.2, 0) is 0 Å². The molecule has 1 nitrogen and oxygen atoms in total. The zero-order valence-corrected chi connectivity index (χ0v) is 8.63. The summed E-state index contributed by atoms with van der Waals surface area (Å²) < 4.78 is 0. The highest BCUT2D eigenvalue weighted by molar-refractivity contribution is 5.10. The van der Waals surface area contributed by atoms with E-state index in [-0.39, 0.29) is 0 Å². The Morgan fingerprint density at radius 3 is 2.85 bits per heavy atom. The molecule has 0 spiro atoms. The first-order valence-electron chi connectivity index (χ1n) is 5.79. The van der Waals surface area contributed by atoms with Gasteiger partial charge >= 0.3 is 0 Å². The Bertz CT molecular complexity index is 186. The van der Waals surface area contributed by atoms with Gasteiger partial charge in [-0.25, -0.2) is 0 Å². The van der Waals surface area contributed by atoms with Crippen LogP contribution >= 0.6 is 0 Å². The predicted molar refractivity (Wildman–Crippen MR) is 56.6 cm³/mol. The van der Waals surface area contributed by atoms with E-state index >= 15 is 0 Å². The molecule has 1 N–H and O–H groups in total. The molecule has 0 aromatic heterocycles. The van der Waals surface area contributed by atoms with Gasteiger partial charge in [0.05, 0.1) is 0 Å². The van der Waals surface area contributed by atoms with E-state index in [9.17, 15) is 0 Å². The third kappa shape index (κ3) is 2.14. The molecule has 1 heteroatoms. The highest BCUT2D eigenvalue weighted by atomic mass is 14.9. The molecule has 0 saturated heterocycles. The molecule has 0 aromatic carbocycles. The highest BCUT2D eigenvalue weighted by Gasteiger charge is 2.34. The predicted octanol–water partition coefficient (Wildman–Crippen LogP) is 2.59. The number of hydrogen-bond acceptors (Lipinski definition) is 1. The average Bonchev–Trinajstić information content (AvgIpc) is 2.73. The van der Waals surface area contributed by atoms with Crippen molar-refractivity contribution in [2.45, 2.75) is 32.6 Å². The van der Waals surface area contributed by atoms with Crippen LogP contribution in [0.3, 0.4) is 0 Å². The van der Waals surface area contributed by atoms with Gasteiger partial charge in [-0.1, -0.05) is 25.5 Å². The number of nitrogens with one attached hydrogen (secondary N) is 1. The number of unbranched alkanes of at least 4 members (excludes halogenated alkanes) is 1. The maximum Gasteiger partial charge on any atom is -0.00147 e. The summed E-state index contributed by atoms with van der Waals surface area (Å²) in [5.74, 6) is 2.80. The minimum absolute atomic E-state index is 0.916. The summed E-state index contributed by atoms with van der Waals surface area (Å²) in [7, 11) is 0. The zero-order chi connectivity index (χ0) is 9.10. The molecule has 0 radical (unpaired) electrons. The van der Waals surface area contributed by atoms with Crippen molar-refractivity contribution in [1.82, 2.24) is 5.32 Å². The minimum Gasteiger partial charge on any atom is -0.316 e. The lowest BCUT2D eigenvalue weighted by Crippen LogP contribution is -2.26. The van der Waals surface area contributed by atoms with Gasteiger partial charge in [0, 0.05) is 0 Å². The maximum absolute atomic E-state index is 3.58. The molecule has 1 fully saturated rings. The normalized spacial score (nSPS) is 35.9. The van der Waals surface area contributed by atoms with E-state index in [0.29, 0.717) is 0 Å². The molecule has 0 amide bonds. The van der Waals surface area contributed by atoms with Crippen molar-refractivity contribution in [2.75, 3.05) is 13.1 Å². The van der Waals surface area contributed by atoms with Gasteiger partial charge in [-0.05, 0) is 50.1 Å². The third-order valence-electron chi connectivity index (χ3n) is 3.53. The molecule has 2 bridgehead atoms. The first-order chi connectivity index (χ1) is 6.40. The molecule has 2 aliphatic carbocycles. The van der Waals surface area contributed by atoms with Gasteiger partial charge in [0.2, 0.25) is 0 Å². The van der Waals surface area contributed by atoms with Crippen LogP contribution < -0.4 is 5.32 Å². The fraction of sp³-hybridized carbons (Fsp3) is 0.833. The lowest BCUT2D eigenvalue weighted by molar-refractivity contribution is 0.413. The summed E-state index contributed by atoms with van der Waals surface area (Å²) in [6.45, 7) is 4.72. The fourth-order valence-corrected chi connectivity index (χ4v) is 2.72. The molecule has 3 unspecified atom stereocenters. The number of hydrogen-bond donors (Lipinski definition) is 1. The molecule has 0 heterocycles. The SMILES string of the molecule is CCCCNCC1CC2C=CC1C2. The molecule has 0 aliphatic heterocycles. The topological polar surface area (TPSA) is 12.0 Å². The van der Waals surface area contributed by atoms with Crippen LogP contribution in [0.5, 0.6) is 0 Å². The van der Waals surface area contributed by atoms with Gasteiger partial charge < -0.3 is 5.32 Å². The largest absolute Gasteiger partial charge is 0.316 e.